The molecule has 6 nitrogen and oxygen atoms in total. The number of aromatic carboxylic acids is 1. The van der Waals surface area contributed by atoms with Crippen molar-refractivity contribution >= 4 is 5.97 Å². The molecule has 2 N–H and O–H groups in total. The minimum atomic E-state index is -1.15. The third-order valence-corrected chi connectivity index (χ3v) is 2.23. The van der Waals surface area contributed by atoms with Gasteiger partial charge in [0.05, 0.1) is 7.11 Å². The van der Waals surface area contributed by atoms with Gasteiger partial charge in [0.15, 0.2) is 5.69 Å². The number of rotatable bonds is 3. The van der Waals surface area contributed by atoms with Gasteiger partial charge in [-0.2, -0.15) is 0 Å². The average Bonchev–Trinajstić information content (AvgIpc) is 2.73. The number of carboxylic acid groups (broad SMARTS) is 1. The SMILES string of the molecule is COc1cc(C(=O)O)n(-c2ccccc2O)n1. The van der Waals surface area contributed by atoms with Gasteiger partial charge in [-0.1, -0.05) is 12.1 Å². The van der Waals surface area contributed by atoms with E-state index < -0.39 is 5.97 Å². The van der Waals surface area contributed by atoms with Gasteiger partial charge in [0.1, 0.15) is 11.4 Å². The van der Waals surface area contributed by atoms with Gasteiger partial charge in [0, 0.05) is 6.07 Å². The summed E-state index contributed by atoms with van der Waals surface area (Å²) in [5, 5.41) is 22.6. The fourth-order valence-corrected chi connectivity index (χ4v) is 1.44. The van der Waals surface area contributed by atoms with Crippen LogP contribution in [0.4, 0.5) is 0 Å². The molecule has 0 atom stereocenters. The number of carbonyl (C=O) groups is 1. The third kappa shape index (κ3) is 1.92. The highest BCUT2D eigenvalue weighted by atomic mass is 16.5. The fraction of sp³-hybridized carbons (Fsp3) is 0.0909. The molecule has 1 heterocycles. The van der Waals surface area contributed by atoms with Crippen LogP contribution in [0.15, 0.2) is 30.3 Å². The number of methoxy groups -OCH3 is 1. The molecule has 0 amide bonds. The monoisotopic (exact) mass is 234 g/mol. The van der Waals surface area contributed by atoms with Gasteiger partial charge in [0.2, 0.25) is 5.88 Å². The van der Waals surface area contributed by atoms with Crippen molar-refractivity contribution in [3.8, 4) is 17.3 Å². The van der Waals surface area contributed by atoms with E-state index in [2.05, 4.69) is 5.10 Å². The van der Waals surface area contributed by atoms with Crippen LogP contribution in [0.2, 0.25) is 0 Å². The van der Waals surface area contributed by atoms with Crippen molar-refractivity contribution in [2.75, 3.05) is 7.11 Å². The van der Waals surface area contributed by atoms with E-state index in [4.69, 9.17) is 9.84 Å². The Hall–Kier alpha value is -2.50. The molecule has 0 aliphatic rings. The molecule has 0 radical (unpaired) electrons. The fourth-order valence-electron chi connectivity index (χ4n) is 1.44. The lowest BCUT2D eigenvalue weighted by Crippen LogP contribution is -2.07. The Kier molecular flexibility index (Phi) is 2.70. The molecule has 6 heteroatoms. The maximum absolute atomic E-state index is 11.0. The number of phenols is 1. The van der Waals surface area contributed by atoms with Crippen LogP contribution in [-0.4, -0.2) is 33.1 Å². The summed E-state index contributed by atoms with van der Waals surface area (Å²) in [6, 6.07) is 7.62. The Labute approximate surface area is 96.7 Å². The lowest BCUT2D eigenvalue weighted by Gasteiger charge is -2.05. The number of para-hydroxylation sites is 2. The summed E-state index contributed by atoms with van der Waals surface area (Å²) in [6.07, 6.45) is 0. The highest BCUT2D eigenvalue weighted by Gasteiger charge is 2.17. The first-order valence-electron chi connectivity index (χ1n) is 4.79. The molecule has 0 saturated heterocycles. The number of hydrogen-bond acceptors (Lipinski definition) is 4. The lowest BCUT2D eigenvalue weighted by molar-refractivity contribution is 0.0687. The molecule has 2 rings (SSSR count). The van der Waals surface area contributed by atoms with Crippen LogP contribution in [0.5, 0.6) is 11.6 Å². The molecule has 0 fully saturated rings. The molecule has 0 saturated carbocycles. The Bertz CT molecular complexity index is 562. The molecule has 88 valence electrons. The molecular weight excluding hydrogens is 224 g/mol. The van der Waals surface area contributed by atoms with Crippen LogP contribution >= 0.6 is 0 Å². The molecule has 2 aromatic rings. The largest absolute Gasteiger partial charge is 0.506 e. The molecule has 17 heavy (non-hydrogen) atoms. The lowest BCUT2D eigenvalue weighted by atomic mass is 10.3. The van der Waals surface area contributed by atoms with E-state index >= 15 is 0 Å². The van der Waals surface area contributed by atoms with Crippen LogP contribution in [0, 0.1) is 0 Å². The number of aromatic nitrogens is 2. The van der Waals surface area contributed by atoms with Crippen molar-refractivity contribution in [1.82, 2.24) is 9.78 Å². The normalized spacial score (nSPS) is 10.2. The van der Waals surface area contributed by atoms with E-state index in [1.807, 2.05) is 0 Å². The van der Waals surface area contributed by atoms with Crippen LogP contribution in [0.3, 0.4) is 0 Å². The Balaban J connectivity index is 2.62. The number of ether oxygens (including phenoxy) is 1. The maximum atomic E-state index is 11.0. The zero-order chi connectivity index (χ0) is 12.4. The van der Waals surface area contributed by atoms with Gasteiger partial charge in [0.25, 0.3) is 0 Å². The van der Waals surface area contributed by atoms with Crippen LogP contribution < -0.4 is 4.74 Å². The van der Waals surface area contributed by atoms with E-state index in [0.29, 0.717) is 0 Å². The van der Waals surface area contributed by atoms with Gasteiger partial charge in [-0.05, 0) is 12.1 Å². The predicted molar refractivity (Wildman–Crippen MR) is 58.7 cm³/mol. The van der Waals surface area contributed by atoms with Crippen molar-refractivity contribution in [2.24, 2.45) is 0 Å². The first-order valence-corrected chi connectivity index (χ1v) is 4.79. The van der Waals surface area contributed by atoms with Crippen LogP contribution in [-0.2, 0) is 0 Å². The number of aromatic hydroxyl groups is 1. The summed E-state index contributed by atoms with van der Waals surface area (Å²) >= 11 is 0. The summed E-state index contributed by atoms with van der Waals surface area (Å²) in [7, 11) is 1.39. The molecule has 0 bridgehead atoms. The maximum Gasteiger partial charge on any atom is 0.354 e. The summed E-state index contributed by atoms with van der Waals surface area (Å²) in [5.41, 5.74) is 0.205. The zero-order valence-corrected chi connectivity index (χ0v) is 8.99. The van der Waals surface area contributed by atoms with E-state index in [0.717, 1.165) is 4.68 Å². The molecule has 0 spiro atoms. The minimum Gasteiger partial charge on any atom is -0.506 e. The van der Waals surface area contributed by atoms with Crippen LogP contribution in [0.1, 0.15) is 10.5 Å². The second kappa shape index (κ2) is 4.17. The van der Waals surface area contributed by atoms with E-state index in [1.54, 1.807) is 18.2 Å². The summed E-state index contributed by atoms with van der Waals surface area (Å²) in [4.78, 5) is 11.0. The Morgan fingerprint density at radius 3 is 2.71 bits per heavy atom. The topological polar surface area (TPSA) is 84.6 Å². The van der Waals surface area contributed by atoms with Crippen molar-refractivity contribution < 1.29 is 19.7 Å². The molecule has 1 aromatic heterocycles. The standard InChI is InChI=1S/C11H10N2O4/c1-17-10-6-8(11(15)16)13(12-10)7-4-2-3-5-9(7)14/h2-6,14H,1H3,(H,15,16). The average molecular weight is 234 g/mol. The number of benzene rings is 1. The quantitative estimate of drug-likeness (QED) is 0.835. The molecule has 0 unspecified atom stereocenters. The highest BCUT2D eigenvalue weighted by Crippen LogP contribution is 2.24. The van der Waals surface area contributed by atoms with Crippen molar-refractivity contribution in [2.45, 2.75) is 0 Å². The predicted octanol–water partition coefficient (Wildman–Crippen LogP) is 1.28. The number of phenolic OH excluding ortho intramolecular Hbond substituents is 1. The Morgan fingerprint density at radius 2 is 2.12 bits per heavy atom. The van der Waals surface area contributed by atoms with Gasteiger partial charge < -0.3 is 14.9 Å². The third-order valence-electron chi connectivity index (χ3n) is 2.23. The Morgan fingerprint density at radius 1 is 1.41 bits per heavy atom. The van der Waals surface area contributed by atoms with Gasteiger partial charge in [-0.25, -0.2) is 9.48 Å². The van der Waals surface area contributed by atoms with E-state index in [9.17, 15) is 9.90 Å². The molecular formula is C11H10N2O4. The van der Waals surface area contributed by atoms with Crippen molar-refractivity contribution in [1.29, 1.82) is 0 Å². The van der Waals surface area contributed by atoms with Crippen molar-refractivity contribution in [3.63, 3.8) is 0 Å². The van der Waals surface area contributed by atoms with Gasteiger partial charge in [-0.15, -0.1) is 5.10 Å². The summed E-state index contributed by atoms with van der Waals surface area (Å²) < 4.78 is 5.99. The zero-order valence-electron chi connectivity index (χ0n) is 8.99. The number of carboxylic acids is 1. The molecule has 1 aromatic carbocycles. The molecule has 0 aliphatic carbocycles. The first-order chi connectivity index (χ1) is 8.13. The first kappa shape index (κ1) is 11.0. The van der Waals surface area contributed by atoms with Gasteiger partial charge >= 0.3 is 5.97 Å². The number of hydrogen-bond donors (Lipinski definition) is 2. The number of nitrogens with zero attached hydrogens (tertiary/aromatic N) is 2. The van der Waals surface area contributed by atoms with E-state index in [-0.39, 0.29) is 23.0 Å². The van der Waals surface area contributed by atoms with Crippen molar-refractivity contribution in [3.05, 3.63) is 36.0 Å². The second-order valence-electron chi connectivity index (χ2n) is 3.28. The van der Waals surface area contributed by atoms with Gasteiger partial charge in [-0.3, -0.25) is 0 Å². The smallest absolute Gasteiger partial charge is 0.354 e. The summed E-state index contributed by atoms with van der Waals surface area (Å²) in [6.45, 7) is 0. The second-order valence-corrected chi connectivity index (χ2v) is 3.28. The summed E-state index contributed by atoms with van der Waals surface area (Å²) in [5.74, 6) is -1.03. The molecule has 0 aliphatic heterocycles. The van der Waals surface area contributed by atoms with E-state index in [1.165, 1.54) is 19.2 Å². The minimum absolute atomic E-state index is 0.0549. The highest BCUT2D eigenvalue weighted by molar-refractivity contribution is 5.87. The van der Waals surface area contributed by atoms with Crippen LogP contribution in [0.25, 0.3) is 5.69 Å².